The summed E-state index contributed by atoms with van der Waals surface area (Å²) in [4.78, 5) is 11.3. The van der Waals surface area contributed by atoms with Crippen molar-refractivity contribution in [2.45, 2.75) is 42.7 Å². The Labute approximate surface area is 223 Å². The van der Waals surface area contributed by atoms with E-state index in [2.05, 4.69) is 39.0 Å². The van der Waals surface area contributed by atoms with E-state index in [1.54, 1.807) is 42.7 Å². The maximum absolute atomic E-state index is 12.7. The van der Waals surface area contributed by atoms with Crippen molar-refractivity contribution in [3.63, 3.8) is 0 Å². The maximum Gasteiger partial charge on any atom is 0.263 e. The highest BCUT2D eigenvalue weighted by Crippen LogP contribution is 2.29. The van der Waals surface area contributed by atoms with E-state index in [1.165, 1.54) is 32.1 Å². The highest BCUT2D eigenvalue weighted by molar-refractivity contribution is 7.92. The van der Waals surface area contributed by atoms with Crippen LogP contribution in [0.25, 0.3) is 12.2 Å². The molecule has 8 nitrogen and oxygen atoms in total. The lowest BCUT2D eigenvalue weighted by Crippen LogP contribution is -2.36. The maximum atomic E-state index is 12.7. The molecule has 37 heavy (non-hydrogen) atoms. The third kappa shape index (κ3) is 7.00. The lowest BCUT2D eigenvalue weighted by molar-refractivity contribution is 0.221. The van der Waals surface area contributed by atoms with E-state index < -0.39 is 10.0 Å². The van der Waals surface area contributed by atoms with Crippen LogP contribution in [0.4, 0.5) is 11.6 Å². The first-order valence-electron chi connectivity index (χ1n) is 12.1. The zero-order chi connectivity index (χ0) is 26.4. The van der Waals surface area contributed by atoms with Crippen LogP contribution in [0.1, 0.15) is 36.8 Å². The Morgan fingerprint density at radius 3 is 2.38 bits per heavy atom. The van der Waals surface area contributed by atoms with Gasteiger partial charge in [0.2, 0.25) is 5.95 Å². The molecule has 196 valence electrons. The van der Waals surface area contributed by atoms with Crippen molar-refractivity contribution in [3.8, 4) is 5.75 Å². The van der Waals surface area contributed by atoms with Crippen LogP contribution in [0.15, 0.2) is 59.8 Å². The fourth-order valence-corrected chi connectivity index (χ4v) is 5.96. The molecule has 0 atom stereocenters. The minimum Gasteiger partial charge on any atom is -0.496 e. The molecule has 10 heteroatoms. The third-order valence-electron chi connectivity index (χ3n) is 6.50. The molecule has 1 fully saturated rings. The highest BCUT2D eigenvalue weighted by Gasteiger charge is 2.22. The second-order valence-corrected chi connectivity index (χ2v) is 11.3. The van der Waals surface area contributed by atoms with E-state index in [-0.39, 0.29) is 9.92 Å². The number of hydrogen-bond acceptors (Lipinski definition) is 7. The molecule has 1 aliphatic rings. The van der Waals surface area contributed by atoms with Gasteiger partial charge in [0, 0.05) is 41.7 Å². The first-order valence-corrected chi connectivity index (χ1v) is 14.0. The number of hydrogen-bond donors (Lipinski definition) is 2. The van der Waals surface area contributed by atoms with Crippen molar-refractivity contribution >= 4 is 45.4 Å². The third-order valence-corrected chi connectivity index (χ3v) is 8.38. The zero-order valence-corrected chi connectivity index (χ0v) is 22.8. The SMILES string of the molecule is COc1cc(NS(=O)(=O)c2ccccc2Cl)ccc1/C=C/c1cnc(N[C@H]2CC[C@H](N(C)C)CC2)nc1. The van der Waals surface area contributed by atoms with Gasteiger partial charge in [0.25, 0.3) is 10.0 Å². The molecule has 1 aromatic heterocycles. The van der Waals surface area contributed by atoms with Gasteiger partial charge in [0.05, 0.1) is 17.8 Å². The molecule has 1 aliphatic carbocycles. The Bertz CT molecular complexity index is 1340. The standard InChI is InChI=1S/C27H32ClN5O3S/c1-33(2)23-14-12-21(13-15-23)31-27-29-17-19(18-30-27)8-9-20-10-11-22(16-25(20)36-3)32-37(34,35)26-7-5-4-6-24(26)28/h4-11,16-18,21,23,32H,12-15H2,1-3H3,(H,29,30,31)/b9-8+/t21-,23-. The summed E-state index contributed by atoms with van der Waals surface area (Å²) in [7, 11) is 1.98. The number of aromatic nitrogens is 2. The van der Waals surface area contributed by atoms with Crippen LogP contribution in [0.2, 0.25) is 5.02 Å². The molecule has 1 heterocycles. The highest BCUT2D eigenvalue weighted by atomic mass is 35.5. The zero-order valence-electron chi connectivity index (χ0n) is 21.2. The van der Waals surface area contributed by atoms with Crippen molar-refractivity contribution in [2.24, 2.45) is 0 Å². The van der Waals surface area contributed by atoms with Crippen molar-refractivity contribution < 1.29 is 13.2 Å². The molecular formula is C27H32ClN5O3S. The van der Waals surface area contributed by atoms with Gasteiger partial charge in [-0.05, 0) is 64.0 Å². The average Bonchev–Trinajstić information content (AvgIpc) is 2.89. The van der Waals surface area contributed by atoms with Gasteiger partial charge in [-0.1, -0.05) is 35.9 Å². The number of ether oxygens (including phenoxy) is 1. The molecule has 0 radical (unpaired) electrons. The van der Waals surface area contributed by atoms with Gasteiger partial charge in [-0.25, -0.2) is 18.4 Å². The summed E-state index contributed by atoms with van der Waals surface area (Å²) < 4.78 is 33.5. The molecule has 0 spiro atoms. The molecule has 0 amide bonds. The number of methoxy groups -OCH3 is 1. The molecule has 0 aliphatic heterocycles. The van der Waals surface area contributed by atoms with Crippen molar-refractivity contribution in [3.05, 3.63) is 71.0 Å². The summed E-state index contributed by atoms with van der Waals surface area (Å²) in [5.74, 6) is 1.15. The summed E-state index contributed by atoms with van der Waals surface area (Å²) in [6, 6.07) is 12.4. The van der Waals surface area contributed by atoms with Crippen LogP contribution in [0, 0.1) is 0 Å². The smallest absolute Gasteiger partial charge is 0.263 e. The number of anilines is 2. The Morgan fingerprint density at radius 1 is 1.03 bits per heavy atom. The van der Waals surface area contributed by atoms with E-state index in [9.17, 15) is 8.42 Å². The van der Waals surface area contributed by atoms with E-state index in [1.807, 2.05) is 12.2 Å². The fourth-order valence-electron chi connectivity index (χ4n) is 4.39. The molecule has 4 rings (SSSR count). The van der Waals surface area contributed by atoms with Gasteiger partial charge in [-0.3, -0.25) is 4.72 Å². The molecule has 2 aromatic carbocycles. The second kappa shape index (κ2) is 11.9. The number of nitrogens with zero attached hydrogens (tertiary/aromatic N) is 3. The normalized spacial score (nSPS) is 18.2. The largest absolute Gasteiger partial charge is 0.496 e. The lowest BCUT2D eigenvalue weighted by Gasteiger charge is -2.32. The molecular weight excluding hydrogens is 510 g/mol. The minimum absolute atomic E-state index is 0.0128. The van der Waals surface area contributed by atoms with Gasteiger partial charge in [-0.15, -0.1) is 0 Å². The molecule has 0 saturated heterocycles. The van der Waals surface area contributed by atoms with Crippen LogP contribution in [0.5, 0.6) is 5.75 Å². The van der Waals surface area contributed by atoms with Crippen LogP contribution in [0.3, 0.4) is 0 Å². The van der Waals surface area contributed by atoms with Gasteiger partial charge in [-0.2, -0.15) is 0 Å². The molecule has 1 saturated carbocycles. The minimum atomic E-state index is -3.84. The first-order chi connectivity index (χ1) is 17.7. The number of benzene rings is 2. The topological polar surface area (TPSA) is 96.4 Å². The van der Waals surface area contributed by atoms with Crippen molar-refractivity contribution in [2.75, 3.05) is 31.2 Å². The average molecular weight is 542 g/mol. The van der Waals surface area contributed by atoms with Gasteiger partial charge in [0.15, 0.2) is 0 Å². The number of sulfonamides is 1. The fraction of sp³-hybridized carbons (Fsp3) is 0.333. The van der Waals surface area contributed by atoms with Gasteiger partial charge < -0.3 is 15.0 Å². The lowest BCUT2D eigenvalue weighted by atomic mass is 9.91. The number of nitrogens with one attached hydrogen (secondary N) is 2. The summed E-state index contributed by atoms with van der Waals surface area (Å²) in [6.45, 7) is 0. The van der Waals surface area contributed by atoms with E-state index in [4.69, 9.17) is 16.3 Å². The van der Waals surface area contributed by atoms with E-state index in [0.717, 1.165) is 24.0 Å². The van der Waals surface area contributed by atoms with E-state index in [0.29, 0.717) is 29.5 Å². The van der Waals surface area contributed by atoms with Crippen molar-refractivity contribution in [1.29, 1.82) is 0 Å². The quantitative estimate of drug-likeness (QED) is 0.374. The van der Waals surface area contributed by atoms with Gasteiger partial charge >= 0.3 is 0 Å². The Kier molecular flexibility index (Phi) is 8.68. The molecule has 0 unspecified atom stereocenters. The Hall–Kier alpha value is -3.14. The van der Waals surface area contributed by atoms with Crippen molar-refractivity contribution in [1.82, 2.24) is 14.9 Å². The molecule has 2 N–H and O–H groups in total. The first kappa shape index (κ1) is 26.9. The summed E-state index contributed by atoms with van der Waals surface area (Å²) in [5, 5.41) is 3.60. The number of halogens is 1. The van der Waals surface area contributed by atoms with Crippen LogP contribution in [-0.2, 0) is 10.0 Å². The summed E-state index contributed by atoms with van der Waals surface area (Å²) in [6.07, 6.45) is 11.9. The van der Waals surface area contributed by atoms with Crippen LogP contribution in [-0.4, -0.2) is 56.6 Å². The molecule has 0 bridgehead atoms. The van der Waals surface area contributed by atoms with E-state index >= 15 is 0 Å². The number of rotatable bonds is 9. The monoisotopic (exact) mass is 541 g/mol. The summed E-state index contributed by atoms with van der Waals surface area (Å²) in [5.41, 5.74) is 1.99. The second-order valence-electron chi connectivity index (χ2n) is 9.28. The van der Waals surface area contributed by atoms with Gasteiger partial charge in [0.1, 0.15) is 10.6 Å². The predicted molar refractivity (Wildman–Crippen MR) is 150 cm³/mol. The summed E-state index contributed by atoms with van der Waals surface area (Å²) >= 11 is 6.06. The Morgan fingerprint density at radius 2 is 1.73 bits per heavy atom. The van der Waals surface area contributed by atoms with Crippen LogP contribution < -0.4 is 14.8 Å². The Balaban J connectivity index is 1.39. The van der Waals surface area contributed by atoms with Crippen LogP contribution >= 0.6 is 11.6 Å². The molecule has 3 aromatic rings. The predicted octanol–water partition coefficient (Wildman–Crippen LogP) is 5.39.